The van der Waals surface area contributed by atoms with Gasteiger partial charge in [0.1, 0.15) is 17.0 Å². The maximum atomic E-state index is 11.7. The molecule has 19 heavy (non-hydrogen) atoms. The molecule has 1 aliphatic carbocycles. The minimum atomic E-state index is -1.20. The fourth-order valence-electron chi connectivity index (χ4n) is 1.94. The van der Waals surface area contributed by atoms with E-state index in [1.54, 1.807) is 13.0 Å². The van der Waals surface area contributed by atoms with Crippen LogP contribution in [0.3, 0.4) is 0 Å². The highest BCUT2D eigenvalue weighted by Gasteiger charge is 2.48. The number of aromatic nitrogens is 1. The third-order valence-corrected chi connectivity index (χ3v) is 3.32. The Bertz CT molecular complexity index is 495. The standard InChI is InChI=1S/C12H17N3O4/c1-7-5-9(15-19-7)6-13-11(18)14-12(2,10(16)17)8-3-4-8/h5,8H,3-4,6H2,1-2H3,(H,16,17)(H2,13,14,18). The predicted octanol–water partition coefficient (Wildman–Crippen LogP) is 1.04. The van der Waals surface area contributed by atoms with Crippen molar-refractivity contribution in [3.63, 3.8) is 0 Å². The molecular weight excluding hydrogens is 250 g/mol. The number of aryl methyl sites for hydroxylation is 1. The maximum absolute atomic E-state index is 11.7. The van der Waals surface area contributed by atoms with Crippen molar-refractivity contribution in [3.05, 3.63) is 17.5 Å². The van der Waals surface area contributed by atoms with E-state index in [9.17, 15) is 14.7 Å². The lowest BCUT2D eigenvalue weighted by molar-refractivity contribution is -0.144. The molecule has 0 bridgehead atoms. The van der Waals surface area contributed by atoms with Gasteiger partial charge < -0.3 is 20.3 Å². The molecule has 104 valence electrons. The highest BCUT2D eigenvalue weighted by atomic mass is 16.5. The van der Waals surface area contributed by atoms with E-state index in [2.05, 4.69) is 15.8 Å². The van der Waals surface area contributed by atoms with Crippen molar-refractivity contribution in [1.82, 2.24) is 15.8 Å². The molecule has 1 atom stereocenters. The van der Waals surface area contributed by atoms with Gasteiger partial charge in [0.2, 0.25) is 0 Å². The molecule has 2 amide bonds. The molecule has 1 fully saturated rings. The number of nitrogens with zero attached hydrogens (tertiary/aromatic N) is 1. The summed E-state index contributed by atoms with van der Waals surface area (Å²) in [5.41, 5.74) is -0.611. The molecule has 0 radical (unpaired) electrons. The largest absolute Gasteiger partial charge is 0.480 e. The number of hydrogen-bond donors (Lipinski definition) is 3. The van der Waals surface area contributed by atoms with Crippen molar-refractivity contribution in [2.45, 2.75) is 38.8 Å². The zero-order valence-corrected chi connectivity index (χ0v) is 10.9. The lowest BCUT2D eigenvalue weighted by Gasteiger charge is -2.26. The van der Waals surface area contributed by atoms with Crippen LogP contribution in [-0.4, -0.2) is 27.8 Å². The number of carboxylic acid groups (broad SMARTS) is 1. The first kappa shape index (κ1) is 13.4. The number of amides is 2. The molecule has 1 aromatic rings. The van der Waals surface area contributed by atoms with Crippen LogP contribution in [0.2, 0.25) is 0 Å². The molecule has 1 saturated carbocycles. The molecule has 3 N–H and O–H groups in total. The Labute approximate surface area is 110 Å². The Balaban J connectivity index is 1.88. The van der Waals surface area contributed by atoms with Crippen LogP contribution < -0.4 is 10.6 Å². The summed E-state index contributed by atoms with van der Waals surface area (Å²) in [6.45, 7) is 3.49. The third-order valence-electron chi connectivity index (χ3n) is 3.32. The van der Waals surface area contributed by atoms with Crippen LogP contribution in [0.5, 0.6) is 0 Å². The summed E-state index contributed by atoms with van der Waals surface area (Å²) in [4.78, 5) is 23.0. The van der Waals surface area contributed by atoms with Crippen LogP contribution in [0.25, 0.3) is 0 Å². The Morgan fingerprint density at radius 3 is 2.74 bits per heavy atom. The molecular formula is C12H17N3O4. The Morgan fingerprint density at radius 2 is 2.26 bits per heavy atom. The van der Waals surface area contributed by atoms with Gasteiger partial charge in [-0.2, -0.15) is 0 Å². The van der Waals surface area contributed by atoms with Gasteiger partial charge >= 0.3 is 12.0 Å². The van der Waals surface area contributed by atoms with E-state index >= 15 is 0 Å². The van der Waals surface area contributed by atoms with Gasteiger partial charge in [0.05, 0.1) is 6.54 Å². The summed E-state index contributed by atoms with van der Waals surface area (Å²) in [6, 6.07) is 1.19. The molecule has 0 aromatic carbocycles. The van der Waals surface area contributed by atoms with E-state index in [4.69, 9.17) is 4.52 Å². The minimum absolute atomic E-state index is 0.00467. The SMILES string of the molecule is Cc1cc(CNC(=O)NC(C)(C(=O)O)C2CC2)no1. The molecule has 2 rings (SSSR count). The Morgan fingerprint density at radius 1 is 1.58 bits per heavy atom. The number of rotatable bonds is 5. The number of urea groups is 1. The van der Waals surface area contributed by atoms with Gasteiger partial charge in [-0.3, -0.25) is 0 Å². The fourth-order valence-corrected chi connectivity index (χ4v) is 1.94. The predicted molar refractivity (Wildman–Crippen MR) is 65.4 cm³/mol. The first-order chi connectivity index (χ1) is 8.91. The van der Waals surface area contributed by atoms with Gasteiger partial charge in [0, 0.05) is 6.07 Å². The number of hydrogen-bond acceptors (Lipinski definition) is 4. The van der Waals surface area contributed by atoms with E-state index in [0.29, 0.717) is 11.5 Å². The van der Waals surface area contributed by atoms with E-state index in [0.717, 1.165) is 12.8 Å². The van der Waals surface area contributed by atoms with Crippen molar-refractivity contribution < 1.29 is 19.2 Å². The van der Waals surface area contributed by atoms with Crippen molar-refractivity contribution in [2.24, 2.45) is 5.92 Å². The van der Waals surface area contributed by atoms with Crippen molar-refractivity contribution in [2.75, 3.05) is 0 Å². The van der Waals surface area contributed by atoms with Gasteiger partial charge in [-0.15, -0.1) is 0 Å². The summed E-state index contributed by atoms with van der Waals surface area (Å²) < 4.78 is 4.87. The van der Waals surface area contributed by atoms with Crippen LogP contribution in [0.15, 0.2) is 10.6 Å². The van der Waals surface area contributed by atoms with E-state index in [1.165, 1.54) is 6.92 Å². The Kier molecular flexibility index (Phi) is 3.46. The Hall–Kier alpha value is -2.05. The monoisotopic (exact) mass is 267 g/mol. The van der Waals surface area contributed by atoms with Gasteiger partial charge in [-0.1, -0.05) is 5.16 Å². The molecule has 7 heteroatoms. The van der Waals surface area contributed by atoms with Crippen LogP contribution in [-0.2, 0) is 11.3 Å². The smallest absolute Gasteiger partial charge is 0.329 e. The number of carbonyl (C=O) groups is 2. The van der Waals surface area contributed by atoms with Crippen LogP contribution in [0.1, 0.15) is 31.2 Å². The van der Waals surface area contributed by atoms with Crippen molar-refractivity contribution in [3.8, 4) is 0 Å². The highest BCUT2D eigenvalue weighted by molar-refractivity contribution is 5.86. The molecule has 1 aromatic heterocycles. The zero-order valence-electron chi connectivity index (χ0n) is 10.9. The number of aliphatic carboxylic acids is 1. The van der Waals surface area contributed by atoms with E-state index in [1.807, 2.05) is 0 Å². The van der Waals surface area contributed by atoms with Crippen molar-refractivity contribution >= 4 is 12.0 Å². The molecule has 1 heterocycles. The first-order valence-corrected chi connectivity index (χ1v) is 6.13. The van der Waals surface area contributed by atoms with Gasteiger partial charge in [-0.05, 0) is 32.6 Å². The second kappa shape index (κ2) is 4.91. The zero-order chi connectivity index (χ0) is 14.0. The lowest BCUT2D eigenvalue weighted by Crippen LogP contribution is -2.56. The fraction of sp³-hybridized carbons (Fsp3) is 0.583. The summed E-state index contributed by atoms with van der Waals surface area (Å²) in [7, 11) is 0. The molecule has 1 unspecified atom stereocenters. The molecule has 0 spiro atoms. The van der Waals surface area contributed by atoms with Crippen molar-refractivity contribution in [1.29, 1.82) is 0 Å². The average Bonchev–Trinajstić information content (AvgIpc) is 3.11. The second-order valence-corrected chi connectivity index (χ2v) is 5.02. The topological polar surface area (TPSA) is 104 Å². The van der Waals surface area contributed by atoms with Crippen LogP contribution >= 0.6 is 0 Å². The minimum Gasteiger partial charge on any atom is -0.480 e. The summed E-state index contributed by atoms with van der Waals surface area (Å²) >= 11 is 0. The highest BCUT2D eigenvalue weighted by Crippen LogP contribution is 2.39. The van der Waals surface area contributed by atoms with Gasteiger partial charge in [-0.25, -0.2) is 9.59 Å². The van der Waals surface area contributed by atoms with Crippen LogP contribution in [0, 0.1) is 12.8 Å². The number of nitrogens with one attached hydrogen (secondary N) is 2. The molecule has 0 saturated heterocycles. The quantitative estimate of drug-likeness (QED) is 0.739. The number of carboxylic acids is 1. The number of carbonyl (C=O) groups excluding carboxylic acids is 1. The third kappa shape index (κ3) is 3.04. The first-order valence-electron chi connectivity index (χ1n) is 6.13. The second-order valence-electron chi connectivity index (χ2n) is 5.02. The summed E-state index contributed by atoms with van der Waals surface area (Å²) in [5.74, 6) is -0.349. The summed E-state index contributed by atoms with van der Waals surface area (Å²) in [6.07, 6.45) is 1.65. The normalized spacial score (nSPS) is 17.6. The van der Waals surface area contributed by atoms with E-state index in [-0.39, 0.29) is 12.5 Å². The van der Waals surface area contributed by atoms with Gasteiger partial charge in [0.25, 0.3) is 0 Å². The summed E-state index contributed by atoms with van der Waals surface area (Å²) in [5, 5.41) is 18.0. The average molecular weight is 267 g/mol. The van der Waals surface area contributed by atoms with Crippen LogP contribution in [0.4, 0.5) is 4.79 Å². The lowest BCUT2D eigenvalue weighted by atomic mass is 9.96. The molecule has 0 aliphatic heterocycles. The van der Waals surface area contributed by atoms with E-state index < -0.39 is 17.5 Å². The molecule has 1 aliphatic rings. The maximum Gasteiger partial charge on any atom is 0.329 e. The van der Waals surface area contributed by atoms with Gasteiger partial charge in [0.15, 0.2) is 0 Å². The molecule has 7 nitrogen and oxygen atoms in total.